The normalized spacial score (nSPS) is 12.8. The summed E-state index contributed by atoms with van der Waals surface area (Å²) in [7, 11) is -7.77. The standard InChI is InChI=1S/C22H22BrN3O5S2/c23-18-8-12-20(13-9-18)33(30,31)26-21(14-16-4-2-1-3-5-16)22(27)25-15-17-6-10-19(11-7-17)32(24,28)29/h1-13,21,26H,14-15H2,(H,25,27)(H2,24,28,29)/t21-/m0/s1. The van der Waals surface area contributed by atoms with Crippen molar-refractivity contribution in [1.82, 2.24) is 10.0 Å². The molecule has 0 aliphatic carbocycles. The second kappa shape index (κ2) is 10.6. The van der Waals surface area contributed by atoms with Crippen LogP contribution in [-0.4, -0.2) is 28.8 Å². The summed E-state index contributed by atoms with van der Waals surface area (Å²) in [6.45, 7) is 0.0784. The molecule has 0 heterocycles. The van der Waals surface area contributed by atoms with Crippen molar-refractivity contribution in [2.45, 2.75) is 28.8 Å². The third kappa shape index (κ3) is 7.21. The maximum atomic E-state index is 12.9. The molecule has 4 N–H and O–H groups in total. The Labute approximate surface area is 201 Å². The zero-order valence-corrected chi connectivity index (χ0v) is 20.5. The van der Waals surface area contributed by atoms with Crippen LogP contribution in [0.1, 0.15) is 11.1 Å². The molecule has 0 radical (unpaired) electrons. The van der Waals surface area contributed by atoms with Crippen LogP contribution in [0.4, 0.5) is 0 Å². The van der Waals surface area contributed by atoms with Gasteiger partial charge in [0, 0.05) is 11.0 Å². The van der Waals surface area contributed by atoms with E-state index in [0.717, 1.165) is 10.0 Å². The smallest absolute Gasteiger partial charge is 0.241 e. The summed E-state index contributed by atoms with van der Waals surface area (Å²) in [4.78, 5) is 12.9. The second-order valence-electron chi connectivity index (χ2n) is 7.22. The number of primary sulfonamides is 1. The first kappa shape index (κ1) is 25.1. The van der Waals surface area contributed by atoms with Gasteiger partial charge in [0.2, 0.25) is 26.0 Å². The number of hydrogen-bond acceptors (Lipinski definition) is 5. The van der Waals surface area contributed by atoms with Crippen LogP contribution in [-0.2, 0) is 37.8 Å². The van der Waals surface area contributed by atoms with Crippen LogP contribution in [0.25, 0.3) is 0 Å². The Hall–Kier alpha value is -2.57. The molecule has 1 atom stereocenters. The van der Waals surface area contributed by atoms with E-state index in [4.69, 9.17) is 5.14 Å². The second-order valence-corrected chi connectivity index (χ2v) is 11.4. The largest absolute Gasteiger partial charge is 0.351 e. The lowest BCUT2D eigenvalue weighted by Gasteiger charge is -2.19. The van der Waals surface area contributed by atoms with Crippen molar-refractivity contribution in [3.63, 3.8) is 0 Å². The Morgan fingerprint density at radius 3 is 1.97 bits per heavy atom. The fourth-order valence-electron chi connectivity index (χ4n) is 3.02. The van der Waals surface area contributed by atoms with Gasteiger partial charge in [0.1, 0.15) is 6.04 Å². The predicted molar refractivity (Wildman–Crippen MR) is 128 cm³/mol. The zero-order chi connectivity index (χ0) is 24.1. The Morgan fingerprint density at radius 1 is 0.818 bits per heavy atom. The molecule has 0 fully saturated rings. The molecule has 0 aromatic heterocycles. The third-order valence-corrected chi connectivity index (χ3v) is 7.68. The van der Waals surface area contributed by atoms with Crippen LogP contribution in [0, 0.1) is 0 Å². The first-order valence-corrected chi connectivity index (χ1v) is 13.6. The molecule has 0 saturated carbocycles. The van der Waals surface area contributed by atoms with Crippen molar-refractivity contribution < 1.29 is 21.6 Å². The van der Waals surface area contributed by atoms with Crippen LogP contribution < -0.4 is 15.2 Å². The molecule has 8 nitrogen and oxygen atoms in total. The Bertz CT molecular complexity index is 1310. The maximum absolute atomic E-state index is 12.9. The minimum atomic E-state index is -3.96. The average Bonchev–Trinajstić information content (AvgIpc) is 2.77. The zero-order valence-electron chi connectivity index (χ0n) is 17.3. The fraction of sp³-hybridized carbons (Fsp3) is 0.136. The molecule has 0 saturated heterocycles. The number of benzene rings is 3. The van der Waals surface area contributed by atoms with Crippen molar-refractivity contribution in [2.24, 2.45) is 5.14 Å². The van der Waals surface area contributed by atoms with Crippen molar-refractivity contribution in [3.05, 3.63) is 94.5 Å². The van der Waals surface area contributed by atoms with Gasteiger partial charge in [0.05, 0.1) is 9.79 Å². The lowest BCUT2D eigenvalue weighted by Crippen LogP contribution is -2.47. The molecule has 11 heteroatoms. The molecular formula is C22H22BrN3O5S2. The summed E-state index contributed by atoms with van der Waals surface area (Å²) < 4.78 is 51.7. The van der Waals surface area contributed by atoms with E-state index in [1.165, 1.54) is 36.4 Å². The molecule has 3 rings (SSSR count). The van der Waals surface area contributed by atoms with E-state index in [1.54, 1.807) is 36.4 Å². The van der Waals surface area contributed by atoms with Crippen molar-refractivity contribution >= 4 is 41.9 Å². The number of carbonyl (C=O) groups excluding carboxylic acids is 1. The Balaban J connectivity index is 1.77. The van der Waals surface area contributed by atoms with Gasteiger partial charge in [-0.25, -0.2) is 22.0 Å². The first-order chi connectivity index (χ1) is 15.5. The molecule has 33 heavy (non-hydrogen) atoms. The quantitative estimate of drug-likeness (QED) is 0.375. The third-order valence-electron chi connectivity index (χ3n) is 4.74. The van der Waals surface area contributed by atoms with Gasteiger partial charge in [-0.3, -0.25) is 4.79 Å². The van der Waals surface area contributed by atoms with Gasteiger partial charge in [-0.15, -0.1) is 0 Å². The monoisotopic (exact) mass is 551 g/mol. The number of rotatable bonds is 9. The summed E-state index contributed by atoms with van der Waals surface area (Å²) in [6.07, 6.45) is 0.146. The molecule has 0 bridgehead atoms. The summed E-state index contributed by atoms with van der Waals surface area (Å²) in [6, 6.07) is 19.8. The van der Waals surface area contributed by atoms with E-state index in [-0.39, 0.29) is 22.8 Å². The number of sulfonamides is 2. The minimum absolute atomic E-state index is 0.0372. The van der Waals surface area contributed by atoms with E-state index in [2.05, 4.69) is 26.0 Å². The van der Waals surface area contributed by atoms with Gasteiger partial charge in [0.15, 0.2) is 0 Å². The highest BCUT2D eigenvalue weighted by Crippen LogP contribution is 2.16. The number of hydrogen-bond donors (Lipinski definition) is 3. The van der Waals surface area contributed by atoms with Crippen molar-refractivity contribution in [1.29, 1.82) is 0 Å². The topological polar surface area (TPSA) is 135 Å². The van der Waals surface area contributed by atoms with Crippen LogP contribution >= 0.6 is 15.9 Å². The van der Waals surface area contributed by atoms with Crippen molar-refractivity contribution in [3.8, 4) is 0 Å². The van der Waals surface area contributed by atoms with E-state index >= 15 is 0 Å². The Morgan fingerprint density at radius 2 is 1.39 bits per heavy atom. The van der Waals surface area contributed by atoms with Gasteiger partial charge in [0.25, 0.3) is 0 Å². The predicted octanol–water partition coefficient (Wildman–Crippen LogP) is 2.30. The number of amides is 1. The van der Waals surface area contributed by atoms with E-state index < -0.39 is 32.0 Å². The van der Waals surface area contributed by atoms with Gasteiger partial charge in [-0.2, -0.15) is 4.72 Å². The molecule has 1 amide bonds. The lowest BCUT2D eigenvalue weighted by molar-refractivity contribution is -0.122. The first-order valence-electron chi connectivity index (χ1n) is 9.76. The Kier molecular flexibility index (Phi) is 8.03. The number of carbonyl (C=O) groups is 1. The molecule has 0 aliphatic heterocycles. The summed E-state index contributed by atoms with van der Waals surface area (Å²) >= 11 is 3.27. The fourth-order valence-corrected chi connectivity index (χ4v) is 4.99. The molecule has 3 aromatic rings. The van der Waals surface area contributed by atoms with Crippen LogP contribution in [0.3, 0.4) is 0 Å². The van der Waals surface area contributed by atoms with Crippen LogP contribution in [0.5, 0.6) is 0 Å². The van der Waals surface area contributed by atoms with Gasteiger partial charge >= 0.3 is 0 Å². The average molecular weight is 552 g/mol. The molecule has 174 valence electrons. The molecule has 0 unspecified atom stereocenters. The molecule has 0 spiro atoms. The SMILES string of the molecule is NS(=O)(=O)c1ccc(CNC(=O)[C@H](Cc2ccccc2)NS(=O)(=O)c2ccc(Br)cc2)cc1. The highest BCUT2D eigenvalue weighted by atomic mass is 79.9. The van der Waals surface area contributed by atoms with Gasteiger partial charge in [-0.05, 0) is 53.9 Å². The minimum Gasteiger partial charge on any atom is -0.351 e. The van der Waals surface area contributed by atoms with E-state index in [1.807, 2.05) is 6.07 Å². The highest BCUT2D eigenvalue weighted by Gasteiger charge is 2.26. The lowest BCUT2D eigenvalue weighted by atomic mass is 10.1. The summed E-state index contributed by atoms with van der Waals surface area (Å²) in [5.41, 5.74) is 1.42. The molecule has 0 aliphatic rings. The van der Waals surface area contributed by atoms with Gasteiger partial charge in [-0.1, -0.05) is 58.4 Å². The molecule has 3 aromatic carbocycles. The van der Waals surface area contributed by atoms with Crippen molar-refractivity contribution in [2.75, 3.05) is 0 Å². The number of nitrogens with two attached hydrogens (primary N) is 1. The highest BCUT2D eigenvalue weighted by molar-refractivity contribution is 9.10. The number of nitrogens with one attached hydrogen (secondary N) is 2. The summed E-state index contributed by atoms with van der Waals surface area (Å²) in [5.74, 6) is -0.518. The number of halogens is 1. The van der Waals surface area contributed by atoms with Crippen LogP contribution in [0.15, 0.2) is 93.1 Å². The van der Waals surface area contributed by atoms with Gasteiger partial charge < -0.3 is 5.32 Å². The molecular weight excluding hydrogens is 530 g/mol. The summed E-state index contributed by atoms with van der Waals surface area (Å²) in [5, 5.41) is 7.80. The van der Waals surface area contributed by atoms with E-state index in [0.29, 0.717) is 5.56 Å². The maximum Gasteiger partial charge on any atom is 0.241 e. The van der Waals surface area contributed by atoms with Crippen LogP contribution in [0.2, 0.25) is 0 Å². The van der Waals surface area contributed by atoms with E-state index in [9.17, 15) is 21.6 Å².